The van der Waals surface area contributed by atoms with E-state index in [-0.39, 0.29) is 11.8 Å². The van der Waals surface area contributed by atoms with Gasteiger partial charge in [0.2, 0.25) is 5.91 Å². The lowest BCUT2D eigenvalue weighted by molar-refractivity contribution is -0.129. The lowest BCUT2D eigenvalue weighted by Crippen LogP contribution is -2.26. The van der Waals surface area contributed by atoms with Gasteiger partial charge < -0.3 is 10.4 Å². The molecule has 3 N–H and O–H groups in total. The highest BCUT2D eigenvalue weighted by Crippen LogP contribution is 2.30. The first-order valence-corrected chi connectivity index (χ1v) is 8.53. The lowest BCUT2D eigenvalue weighted by Gasteiger charge is -2.10. The fraction of sp³-hybridized carbons (Fsp3) is 0.250. The number of amides is 2. The molecule has 0 aliphatic heterocycles. The van der Waals surface area contributed by atoms with Gasteiger partial charge in [-0.25, -0.2) is 5.43 Å². The van der Waals surface area contributed by atoms with Crippen LogP contribution in [0.3, 0.4) is 0 Å². The van der Waals surface area contributed by atoms with E-state index in [1.807, 2.05) is 18.2 Å². The summed E-state index contributed by atoms with van der Waals surface area (Å²) in [4.78, 5) is 23.8. The molecule has 134 valence electrons. The van der Waals surface area contributed by atoms with Gasteiger partial charge in [0.1, 0.15) is 0 Å². The number of hydrazone groups is 1. The molecule has 0 aromatic heterocycles. The Morgan fingerprint density at radius 2 is 1.73 bits per heavy atom. The van der Waals surface area contributed by atoms with Crippen molar-refractivity contribution in [3.8, 4) is 0 Å². The molecule has 3 rings (SSSR count). The number of aliphatic hydroxyl groups is 1. The van der Waals surface area contributed by atoms with Crippen LogP contribution in [0.25, 0.3) is 0 Å². The minimum atomic E-state index is -1.27. The molecule has 0 radical (unpaired) electrons. The number of anilines is 1. The topological polar surface area (TPSA) is 90.8 Å². The monoisotopic (exact) mass is 351 g/mol. The van der Waals surface area contributed by atoms with Gasteiger partial charge >= 0.3 is 0 Å². The van der Waals surface area contributed by atoms with Crippen molar-refractivity contribution in [1.82, 2.24) is 5.43 Å². The van der Waals surface area contributed by atoms with Crippen LogP contribution in [0.1, 0.15) is 37.0 Å². The molecule has 1 fully saturated rings. The summed E-state index contributed by atoms with van der Waals surface area (Å²) in [5, 5.41) is 16.9. The molecule has 0 bridgehead atoms. The second-order valence-corrected chi connectivity index (χ2v) is 6.33. The van der Waals surface area contributed by atoms with Crippen molar-refractivity contribution in [3.63, 3.8) is 0 Å². The van der Waals surface area contributed by atoms with Crippen LogP contribution in [-0.4, -0.2) is 22.6 Å². The summed E-state index contributed by atoms with van der Waals surface area (Å²) in [5.41, 5.74) is 5.03. The quantitative estimate of drug-likeness (QED) is 0.552. The Balaban J connectivity index is 1.58. The third-order valence-electron chi connectivity index (χ3n) is 4.22. The Labute approximate surface area is 151 Å². The molecule has 1 saturated carbocycles. The van der Waals surface area contributed by atoms with Gasteiger partial charge in [0.15, 0.2) is 6.10 Å². The van der Waals surface area contributed by atoms with Crippen molar-refractivity contribution in [3.05, 3.63) is 65.7 Å². The number of carbonyl (C=O) groups is 2. The highest BCUT2D eigenvalue weighted by molar-refractivity contribution is 6.00. The van der Waals surface area contributed by atoms with Crippen molar-refractivity contribution < 1.29 is 14.7 Å². The number of rotatable bonds is 6. The van der Waals surface area contributed by atoms with E-state index in [1.165, 1.54) is 0 Å². The zero-order valence-electron chi connectivity index (χ0n) is 14.5. The van der Waals surface area contributed by atoms with Crippen molar-refractivity contribution in [1.29, 1.82) is 0 Å². The minimum absolute atomic E-state index is 0.0605. The average molecular weight is 351 g/mol. The van der Waals surface area contributed by atoms with Crippen molar-refractivity contribution in [2.75, 3.05) is 5.32 Å². The summed E-state index contributed by atoms with van der Waals surface area (Å²) in [6, 6.07) is 15.9. The van der Waals surface area contributed by atoms with Crippen LogP contribution < -0.4 is 10.7 Å². The molecule has 6 heteroatoms. The Hall–Kier alpha value is -2.99. The largest absolute Gasteiger partial charge is 0.378 e. The smallest absolute Gasteiger partial charge is 0.273 e. The van der Waals surface area contributed by atoms with Crippen LogP contribution in [0, 0.1) is 5.92 Å². The summed E-state index contributed by atoms with van der Waals surface area (Å²) in [6.07, 6.45) is 0.654. The number of aliphatic hydroxyl groups excluding tert-OH is 1. The molecular weight excluding hydrogens is 330 g/mol. The van der Waals surface area contributed by atoms with E-state index in [9.17, 15) is 14.7 Å². The van der Waals surface area contributed by atoms with E-state index in [1.54, 1.807) is 43.3 Å². The molecule has 0 saturated heterocycles. The Morgan fingerprint density at radius 1 is 1.08 bits per heavy atom. The zero-order valence-corrected chi connectivity index (χ0v) is 14.5. The maximum atomic E-state index is 12.0. The summed E-state index contributed by atoms with van der Waals surface area (Å²) in [5.74, 6) is -0.376. The second kappa shape index (κ2) is 7.93. The maximum absolute atomic E-state index is 12.0. The molecule has 0 heterocycles. The van der Waals surface area contributed by atoms with E-state index in [0.717, 1.165) is 24.1 Å². The predicted octanol–water partition coefficient (Wildman–Crippen LogP) is 2.61. The summed E-state index contributed by atoms with van der Waals surface area (Å²) < 4.78 is 0. The molecule has 2 aromatic rings. The maximum Gasteiger partial charge on any atom is 0.273 e. The third kappa shape index (κ3) is 4.55. The SMILES string of the molecule is C/C(=N\NC(=O)C(O)c1ccccc1)c1ccc(NC(=O)C2CC2)cc1. The number of nitrogens with zero attached hydrogens (tertiary/aromatic N) is 1. The van der Waals surface area contributed by atoms with E-state index >= 15 is 0 Å². The van der Waals surface area contributed by atoms with Crippen molar-refractivity contribution in [2.45, 2.75) is 25.9 Å². The fourth-order valence-electron chi connectivity index (χ4n) is 2.44. The van der Waals surface area contributed by atoms with Crippen LogP contribution in [0.15, 0.2) is 59.7 Å². The Morgan fingerprint density at radius 3 is 2.35 bits per heavy atom. The molecule has 0 spiro atoms. The van der Waals surface area contributed by atoms with E-state index in [2.05, 4.69) is 15.8 Å². The summed E-state index contributed by atoms with van der Waals surface area (Å²) in [7, 11) is 0. The van der Waals surface area contributed by atoms with E-state index in [4.69, 9.17) is 0 Å². The molecule has 1 aliphatic rings. The van der Waals surface area contributed by atoms with Gasteiger partial charge in [-0.1, -0.05) is 42.5 Å². The van der Waals surface area contributed by atoms with Crippen LogP contribution in [-0.2, 0) is 9.59 Å². The highest BCUT2D eigenvalue weighted by atomic mass is 16.3. The molecule has 6 nitrogen and oxygen atoms in total. The predicted molar refractivity (Wildman–Crippen MR) is 99.6 cm³/mol. The molecule has 2 amide bonds. The van der Waals surface area contributed by atoms with Gasteiger partial charge in [-0.3, -0.25) is 9.59 Å². The summed E-state index contributed by atoms with van der Waals surface area (Å²) >= 11 is 0. The van der Waals surface area contributed by atoms with Crippen molar-refractivity contribution >= 4 is 23.2 Å². The average Bonchev–Trinajstić information content (AvgIpc) is 3.52. The number of hydrogen-bond donors (Lipinski definition) is 3. The number of hydrogen-bond acceptors (Lipinski definition) is 4. The van der Waals surface area contributed by atoms with Gasteiger partial charge in [0.05, 0.1) is 5.71 Å². The fourth-order valence-corrected chi connectivity index (χ4v) is 2.44. The number of carbonyl (C=O) groups excluding carboxylic acids is 2. The van der Waals surface area contributed by atoms with Crippen LogP contribution in [0.5, 0.6) is 0 Å². The zero-order chi connectivity index (χ0) is 18.5. The summed E-state index contributed by atoms with van der Waals surface area (Å²) in [6.45, 7) is 1.76. The second-order valence-electron chi connectivity index (χ2n) is 6.33. The Bertz CT molecular complexity index is 812. The first-order valence-electron chi connectivity index (χ1n) is 8.53. The van der Waals surface area contributed by atoms with Gasteiger partial charge in [0.25, 0.3) is 5.91 Å². The van der Waals surface area contributed by atoms with Crippen molar-refractivity contribution in [2.24, 2.45) is 11.0 Å². The highest BCUT2D eigenvalue weighted by Gasteiger charge is 2.29. The Kier molecular flexibility index (Phi) is 5.43. The van der Waals surface area contributed by atoms with Gasteiger partial charge in [-0.2, -0.15) is 5.10 Å². The van der Waals surface area contributed by atoms with Gasteiger partial charge in [-0.15, -0.1) is 0 Å². The van der Waals surface area contributed by atoms with Gasteiger partial charge in [0, 0.05) is 11.6 Å². The first kappa shape index (κ1) is 17.8. The molecule has 1 unspecified atom stereocenters. The van der Waals surface area contributed by atoms with Gasteiger partial charge in [-0.05, 0) is 43.0 Å². The minimum Gasteiger partial charge on any atom is -0.378 e. The van der Waals surface area contributed by atoms with E-state index < -0.39 is 12.0 Å². The number of benzene rings is 2. The van der Waals surface area contributed by atoms with Crippen LogP contribution >= 0.6 is 0 Å². The van der Waals surface area contributed by atoms with Crippen LogP contribution in [0.4, 0.5) is 5.69 Å². The number of nitrogens with one attached hydrogen (secondary N) is 2. The molecule has 26 heavy (non-hydrogen) atoms. The lowest BCUT2D eigenvalue weighted by atomic mass is 10.1. The van der Waals surface area contributed by atoms with E-state index in [0.29, 0.717) is 11.3 Å². The third-order valence-corrected chi connectivity index (χ3v) is 4.22. The first-order chi connectivity index (χ1) is 12.5. The molecular formula is C20H21N3O3. The molecule has 1 atom stereocenters. The standard InChI is InChI=1S/C20H21N3O3/c1-13(22-23-20(26)18(24)15-5-3-2-4-6-15)14-9-11-17(12-10-14)21-19(25)16-7-8-16/h2-6,9-12,16,18,24H,7-8H2,1H3,(H,21,25)(H,23,26)/b22-13+. The molecule has 1 aliphatic carbocycles. The normalized spacial score (nSPS) is 15.2. The van der Waals surface area contributed by atoms with Crippen LogP contribution in [0.2, 0.25) is 0 Å². The molecule has 2 aromatic carbocycles.